The van der Waals surface area contributed by atoms with Crippen molar-refractivity contribution in [1.82, 2.24) is 9.47 Å². The van der Waals surface area contributed by atoms with Crippen molar-refractivity contribution in [2.45, 2.75) is 19.9 Å². The van der Waals surface area contributed by atoms with E-state index in [0.717, 1.165) is 11.3 Å². The van der Waals surface area contributed by atoms with Gasteiger partial charge in [-0.3, -0.25) is 4.79 Å². The van der Waals surface area contributed by atoms with Gasteiger partial charge in [0.15, 0.2) is 0 Å². The lowest BCUT2D eigenvalue weighted by Gasteiger charge is -2.34. The first-order valence-corrected chi connectivity index (χ1v) is 7.85. The Labute approximate surface area is 139 Å². The van der Waals surface area contributed by atoms with Gasteiger partial charge >= 0.3 is 6.03 Å². The van der Waals surface area contributed by atoms with E-state index >= 15 is 0 Å². The van der Waals surface area contributed by atoms with Gasteiger partial charge in [0.1, 0.15) is 23.2 Å². The molecule has 0 radical (unpaired) electrons. The Balaban J connectivity index is 1.85. The molecule has 7 heteroatoms. The Bertz CT molecular complexity index is 808. The summed E-state index contributed by atoms with van der Waals surface area (Å²) < 4.78 is 12.6. The Morgan fingerprint density at radius 2 is 2.08 bits per heavy atom. The van der Waals surface area contributed by atoms with E-state index in [-0.39, 0.29) is 17.6 Å². The monoisotopic (exact) mass is 331 g/mol. The molecule has 2 amide bonds. The standard InChI is InChI=1S/C17H21N3O4/c1-11-6-7-19(3)16(21)15(11)18-17(22)20-8-9-23-10-13(20)14-5-4-12(2)24-14/h4-7,13H,8-10H2,1-3H3,(H,18,22). The molecule has 0 bridgehead atoms. The fourth-order valence-electron chi connectivity index (χ4n) is 2.77. The summed E-state index contributed by atoms with van der Waals surface area (Å²) in [7, 11) is 1.65. The van der Waals surface area contributed by atoms with Crippen LogP contribution in [0.5, 0.6) is 0 Å². The first kappa shape index (κ1) is 16.3. The number of anilines is 1. The molecule has 0 aromatic carbocycles. The van der Waals surface area contributed by atoms with Gasteiger partial charge < -0.3 is 23.9 Å². The maximum atomic E-state index is 12.7. The maximum absolute atomic E-state index is 12.7. The number of furan rings is 1. The number of aryl methyl sites for hydroxylation is 3. The van der Waals surface area contributed by atoms with Gasteiger partial charge in [-0.1, -0.05) is 0 Å². The van der Waals surface area contributed by atoms with Crippen LogP contribution in [0.3, 0.4) is 0 Å². The van der Waals surface area contributed by atoms with Gasteiger partial charge in [-0.05, 0) is 37.6 Å². The molecule has 2 aromatic heterocycles. The SMILES string of the molecule is Cc1ccc(C2COCCN2C(=O)Nc2c(C)ccn(C)c2=O)o1. The maximum Gasteiger partial charge on any atom is 0.322 e. The summed E-state index contributed by atoms with van der Waals surface area (Å²) in [5.74, 6) is 1.46. The van der Waals surface area contributed by atoms with Gasteiger partial charge in [-0.25, -0.2) is 4.79 Å². The first-order valence-electron chi connectivity index (χ1n) is 7.85. The van der Waals surface area contributed by atoms with E-state index in [9.17, 15) is 9.59 Å². The lowest BCUT2D eigenvalue weighted by atomic mass is 10.2. The van der Waals surface area contributed by atoms with E-state index in [1.807, 2.05) is 19.1 Å². The molecule has 1 atom stereocenters. The smallest absolute Gasteiger partial charge is 0.322 e. The molecule has 2 aromatic rings. The summed E-state index contributed by atoms with van der Waals surface area (Å²) in [4.78, 5) is 26.6. The Hall–Kier alpha value is -2.54. The molecule has 24 heavy (non-hydrogen) atoms. The average Bonchev–Trinajstić information content (AvgIpc) is 3.01. The van der Waals surface area contributed by atoms with Gasteiger partial charge in [-0.2, -0.15) is 0 Å². The van der Waals surface area contributed by atoms with Crippen LogP contribution in [0.1, 0.15) is 23.1 Å². The van der Waals surface area contributed by atoms with Gasteiger partial charge in [-0.15, -0.1) is 0 Å². The molecule has 7 nitrogen and oxygen atoms in total. The highest BCUT2D eigenvalue weighted by atomic mass is 16.5. The number of amides is 2. The van der Waals surface area contributed by atoms with Gasteiger partial charge in [0.2, 0.25) is 0 Å². The zero-order valence-corrected chi connectivity index (χ0v) is 14.0. The molecule has 1 N–H and O–H groups in total. The summed E-state index contributed by atoms with van der Waals surface area (Å²) in [6.07, 6.45) is 1.68. The fraction of sp³-hybridized carbons (Fsp3) is 0.412. The minimum atomic E-state index is -0.330. The van der Waals surface area contributed by atoms with E-state index in [1.54, 1.807) is 31.1 Å². The fourth-order valence-corrected chi connectivity index (χ4v) is 2.77. The highest BCUT2D eigenvalue weighted by Gasteiger charge is 2.31. The largest absolute Gasteiger partial charge is 0.464 e. The van der Waals surface area contributed by atoms with Crippen LogP contribution in [-0.4, -0.2) is 35.3 Å². The zero-order chi connectivity index (χ0) is 17.3. The van der Waals surface area contributed by atoms with E-state index in [4.69, 9.17) is 9.15 Å². The molecular weight excluding hydrogens is 310 g/mol. The summed E-state index contributed by atoms with van der Waals surface area (Å²) >= 11 is 0. The van der Waals surface area contributed by atoms with Crippen LogP contribution in [0.15, 0.2) is 33.6 Å². The van der Waals surface area contributed by atoms with Crippen LogP contribution in [0.2, 0.25) is 0 Å². The third kappa shape index (κ3) is 3.07. The van der Waals surface area contributed by atoms with E-state index < -0.39 is 0 Å². The van der Waals surface area contributed by atoms with Crippen molar-refractivity contribution < 1.29 is 13.9 Å². The molecule has 1 aliphatic rings. The normalized spacial score (nSPS) is 17.8. The number of carbonyl (C=O) groups excluding carboxylic acids is 1. The number of aromatic nitrogens is 1. The predicted octanol–water partition coefficient (Wildman–Crippen LogP) is 2.20. The second-order valence-corrected chi connectivity index (χ2v) is 5.95. The van der Waals surface area contributed by atoms with Crippen molar-refractivity contribution in [2.24, 2.45) is 7.05 Å². The quantitative estimate of drug-likeness (QED) is 0.915. The molecule has 1 aliphatic heterocycles. The van der Waals surface area contributed by atoms with Crippen LogP contribution in [-0.2, 0) is 11.8 Å². The topological polar surface area (TPSA) is 76.7 Å². The highest BCUT2D eigenvalue weighted by molar-refractivity contribution is 5.90. The van der Waals surface area contributed by atoms with Gasteiger partial charge in [0.25, 0.3) is 5.56 Å². The third-order valence-corrected chi connectivity index (χ3v) is 4.19. The number of ether oxygens (including phenoxy) is 1. The predicted molar refractivity (Wildman–Crippen MR) is 89.1 cm³/mol. The number of urea groups is 1. The van der Waals surface area contributed by atoms with Crippen molar-refractivity contribution in [3.05, 3.63) is 51.8 Å². The second-order valence-electron chi connectivity index (χ2n) is 5.95. The summed E-state index contributed by atoms with van der Waals surface area (Å²) in [6.45, 7) is 4.91. The van der Waals surface area contributed by atoms with Crippen LogP contribution in [0.25, 0.3) is 0 Å². The lowest BCUT2D eigenvalue weighted by Crippen LogP contribution is -2.46. The Kier molecular flexibility index (Phi) is 4.44. The summed E-state index contributed by atoms with van der Waals surface area (Å²) in [5, 5.41) is 2.75. The molecule has 1 fully saturated rings. The number of hydrogen-bond acceptors (Lipinski definition) is 4. The molecule has 128 valence electrons. The van der Waals surface area contributed by atoms with Crippen molar-refractivity contribution in [3.8, 4) is 0 Å². The second kappa shape index (κ2) is 6.52. The number of morpholine rings is 1. The number of pyridine rings is 1. The zero-order valence-electron chi connectivity index (χ0n) is 14.0. The molecule has 3 rings (SSSR count). The van der Waals surface area contributed by atoms with Gasteiger partial charge in [0.05, 0.1) is 13.2 Å². The minimum absolute atomic E-state index is 0.234. The van der Waals surface area contributed by atoms with Crippen molar-refractivity contribution in [1.29, 1.82) is 0 Å². The number of nitrogens with one attached hydrogen (secondary N) is 1. The number of hydrogen-bond donors (Lipinski definition) is 1. The number of rotatable bonds is 2. The van der Waals surface area contributed by atoms with Crippen LogP contribution >= 0.6 is 0 Å². The Morgan fingerprint density at radius 1 is 1.29 bits per heavy atom. The highest BCUT2D eigenvalue weighted by Crippen LogP contribution is 2.26. The molecule has 0 saturated carbocycles. The van der Waals surface area contributed by atoms with E-state index in [0.29, 0.717) is 31.2 Å². The number of carbonyl (C=O) groups is 1. The van der Waals surface area contributed by atoms with Crippen molar-refractivity contribution in [2.75, 3.05) is 25.1 Å². The van der Waals surface area contributed by atoms with E-state index in [2.05, 4.69) is 5.32 Å². The average molecular weight is 331 g/mol. The summed E-state index contributed by atoms with van der Waals surface area (Å²) in [6, 6.07) is 4.87. The van der Waals surface area contributed by atoms with Crippen molar-refractivity contribution in [3.63, 3.8) is 0 Å². The third-order valence-electron chi connectivity index (χ3n) is 4.19. The molecule has 0 aliphatic carbocycles. The lowest BCUT2D eigenvalue weighted by molar-refractivity contribution is 0.00709. The molecule has 3 heterocycles. The molecular formula is C17H21N3O4. The van der Waals surface area contributed by atoms with Crippen molar-refractivity contribution >= 4 is 11.7 Å². The molecule has 1 saturated heterocycles. The Morgan fingerprint density at radius 3 is 2.79 bits per heavy atom. The van der Waals surface area contributed by atoms with Gasteiger partial charge in [0, 0.05) is 19.8 Å². The minimum Gasteiger partial charge on any atom is -0.464 e. The number of nitrogens with zero attached hydrogens (tertiary/aromatic N) is 2. The van der Waals surface area contributed by atoms with Crippen LogP contribution < -0.4 is 10.9 Å². The van der Waals surface area contributed by atoms with Crippen LogP contribution in [0, 0.1) is 13.8 Å². The summed E-state index contributed by atoms with van der Waals surface area (Å²) in [5.41, 5.74) is 0.790. The molecule has 1 unspecified atom stereocenters. The van der Waals surface area contributed by atoms with E-state index in [1.165, 1.54) is 4.57 Å². The van der Waals surface area contributed by atoms with Crippen LogP contribution in [0.4, 0.5) is 10.5 Å². The molecule has 0 spiro atoms. The first-order chi connectivity index (χ1) is 11.5.